The quantitative estimate of drug-likeness (QED) is 0.851. The Bertz CT molecular complexity index is 405. The fourth-order valence-electron chi connectivity index (χ4n) is 2.33. The van der Waals surface area contributed by atoms with Crippen LogP contribution >= 0.6 is 0 Å². The van der Waals surface area contributed by atoms with Gasteiger partial charge in [-0.3, -0.25) is 4.79 Å². The van der Waals surface area contributed by atoms with Gasteiger partial charge in [0.2, 0.25) is 0 Å². The number of anilines is 1. The third kappa shape index (κ3) is 2.40. The predicted molar refractivity (Wildman–Crippen MR) is 68.1 cm³/mol. The van der Waals surface area contributed by atoms with Crippen LogP contribution in [-0.2, 0) is 0 Å². The number of amides is 1. The van der Waals surface area contributed by atoms with Crippen LogP contribution in [0.5, 0.6) is 0 Å². The molecule has 1 N–H and O–H groups in total. The van der Waals surface area contributed by atoms with Gasteiger partial charge in [-0.15, -0.1) is 0 Å². The molecule has 4 heteroatoms. The van der Waals surface area contributed by atoms with Gasteiger partial charge in [0.1, 0.15) is 5.82 Å². The second-order valence-corrected chi connectivity index (χ2v) is 4.49. The molecule has 0 saturated carbocycles. The van der Waals surface area contributed by atoms with Gasteiger partial charge in [0.15, 0.2) is 0 Å². The highest BCUT2D eigenvalue weighted by atomic mass is 16.2. The lowest BCUT2D eigenvalue weighted by atomic mass is 10.0. The molecule has 17 heavy (non-hydrogen) atoms. The average Bonchev–Trinajstić information content (AvgIpc) is 2.38. The minimum absolute atomic E-state index is 0.0923. The molecule has 2 rings (SSSR count). The molecule has 1 atom stereocenters. The highest BCUT2D eigenvalue weighted by Gasteiger charge is 2.25. The van der Waals surface area contributed by atoms with Crippen molar-refractivity contribution in [1.82, 2.24) is 9.88 Å². The molecule has 0 aromatic carbocycles. The van der Waals surface area contributed by atoms with Gasteiger partial charge in [-0.05, 0) is 38.3 Å². The molecule has 1 saturated heterocycles. The molecular weight excluding hydrogens is 214 g/mol. The van der Waals surface area contributed by atoms with E-state index in [1.165, 1.54) is 6.42 Å². The molecule has 1 unspecified atom stereocenters. The van der Waals surface area contributed by atoms with Crippen molar-refractivity contribution in [2.75, 3.05) is 18.9 Å². The first-order chi connectivity index (χ1) is 8.24. The number of pyridine rings is 1. The molecule has 1 aromatic heterocycles. The molecule has 1 aliphatic rings. The summed E-state index contributed by atoms with van der Waals surface area (Å²) in [5.41, 5.74) is 0.670. The summed E-state index contributed by atoms with van der Waals surface area (Å²) in [7, 11) is 1.79. The van der Waals surface area contributed by atoms with Crippen LogP contribution in [0.2, 0.25) is 0 Å². The Hall–Kier alpha value is -1.58. The first-order valence-corrected chi connectivity index (χ1v) is 6.17. The Balaban J connectivity index is 2.23. The number of aromatic nitrogens is 1. The summed E-state index contributed by atoms with van der Waals surface area (Å²) >= 11 is 0. The zero-order valence-corrected chi connectivity index (χ0v) is 10.4. The Morgan fingerprint density at radius 3 is 3.06 bits per heavy atom. The summed E-state index contributed by atoms with van der Waals surface area (Å²) in [4.78, 5) is 18.6. The average molecular weight is 233 g/mol. The molecule has 92 valence electrons. The van der Waals surface area contributed by atoms with E-state index in [1.54, 1.807) is 13.2 Å². The van der Waals surface area contributed by atoms with E-state index in [-0.39, 0.29) is 5.91 Å². The molecule has 0 bridgehead atoms. The zero-order chi connectivity index (χ0) is 12.3. The molecular formula is C13H19N3O. The van der Waals surface area contributed by atoms with Crippen molar-refractivity contribution in [3.63, 3.8) is 0 Å². The number of carbonyl (C=O) groups excluding carboxylic acids is 1. The number of hydrogen-bond donors (Lipinski definition) is 1. The van der Waals surface area contributed by atoms with Crippen LogP contribution in [0.3, 0.4) is 0 Å². The van der Waals surface area contributed by atoms with E-state index < -0.39 is 0 Å². The van der Waals surface area contributed by atoms with Crippen LogP contribution in [0.25, 0.3) is 0 Å². The molecule has 1 amide bonds. The second kappa shape index (κ2) is 5.17. The molecule has 0 aliphatic carbocycles. The third-order valence-electron chi connectivity index (χ3n) is 3.34. The van der Waals surface area contributed by atoms with E-state index in [2.05, 4.69) is 17.2 Å². The molecule has 0 spiro atoms. The molecule has 2 heterocycles. The summed E-state index contributed by atoms with van der Waals surface area (Å²) in [6, 6.07) is 3.98. The number of rotatable bonds is 2. The van der Waals surface area contributed by atoms with Crippen LogP contribution in [0.1, 0.15) is 36.5 Å². The SMILES string of the molecule is CNc1ncccc1C(=O)N1CCCCC1C. The van der Waals surface area contributed by atoms with Crippen LogP contribution < -0.4 is 5.32 Å². The third-order valence-corrected chi connectivity index (χ3v) is 3.34. The number of likely N-dealkylation sites (tertiary alicyclic amines) is 1. The van der Waals surface area contributed by atoms with Crippen molar-refractivity contribution >= 4 is 11.7 Å². The normalized spacial score (nSPS) is 20.1. The number of nitrogens with one attached hydrogen (secondary N) is 1. The van der Waals surface area contributed by atoms with Crippen molar-refractivity contribution in [3.05, 3.63) is 23.9 Å². The first kappa shape index (κ1) is 11.9. The van der Waals surface area contributed by atoms with E-state index in [0.29, 0.717) is 17.4 Å². The van der Waals surface area contributed by atoms with Gasteiger partial charge >= 0.3 is 0 Å². The number of hydrogen-bond acceptors (Lipinski definition) is 3. The highest BCUT2D eigenvalue weighted by Crippen LogP contribution is 2.21. The van der Waals surface area contributed by atoms with Crippen LogP contribution in [0.15, 0.2) is 18.3 Å². The smallest absolute Gasteiger partial charge is 0.257 e. The minimum Gasteiger partial charge on any atom is -0.372 e. The lowest BCUT2D eigenvalue weighted by Gasteiger charge is -2.33. The lowest BCUT2D eigenvalue weighted by molar-refractivity contribution is 0.0636. The summed E-state index contributed by atoms with van der Waals surface area (Å²) in [5.74, 6) is 0.755. The predicted octanol–water partition coefficient (Wildman–Crippen LogP) is 2.14. The fourth-order valence-corrected chi connectivity index (χ4v) is 2.33. The Morgan fingerprint density at radius 1 is 1.53 bits per heavy atom. The van der Waals surface area contributed by atoms with Crippen molar-refractivity contribution in [2.24, 2.45) is 0 Å². The Kier molecular flexibility index (Phi) is 3.61. The largest absolute Gasteiger partial charge is 0.372 e. The molecule has 1 aliphatic heterocycles. The van der Waals surface area contributed by atoms with Gasteiger partial charge in [0.05, 0.1) is 5.56 Å². The van der Waals surface area contributed by atoms with Gasteiger partial charge in [-0.25, -0.2) is 4.98 Å². The zero-order valence-electron chi connectivity index (χ0n) is 10.4. The van der Waals surface area contributed by atoms with Gasteiger partial charge in [-0.1, -0.05) is 0 Å². The van der Waals surface area contributed by atoms with Crippen molar-refractivity contribution < 1.29 is 4.79 Å². The van der Waals surface area contributed by atoms with E-state index in [4.69, 9.17) is 0 Å². The summed E-state index contributed by atoms with van der Waals surface area (Å²) in [5, 5.41) is 2.97. The number of nitrogens with zero attached hydrogens (tertiary/aromatic N) is 2. The van der Waals surface area contributed by atoms with E-state index in [1.807, 2.05) is 17.0 Å². The minimum atomic E-state index is 0.0923. The Morgan fingerprint density at radius 2 is 2.35 bits per heavy atom. The second-order valence-electron chi connectivity index (χ2n) is 4.49. The molecule has 1 aromatic rings. The topological polar surface area (TPSA) is 45.2 Å². The molecule has 0 radical (unpaired) electrons. The number of carbonyl (C=O) groups is 1. The van der Waals surface area contributed by atoms with E-state index in [0.717, 1.165) is 19.4 Å². The number of piperidine rings is 1. The maximum Gasteiger partial charge on any atom is 0.257 e. The van der Waals surface area contributed by atoms with E-state index >= 15 is 0 Å². The van der Waals surface area contributed by atoms with Crippen LogP contribution in [0.4, 0.5) is 5.82 Å². The Labute approximate surface area is 102 Å². The van der Waals surface area contributed by atoms with Crippen molar-refractivity contribution in [2.45, 2.75) is 32.2 Å². The van der Waals surface area contributed by atoms with Gasteiger partial charge < -0.3 is 10.2 Å². The molecule has 4 nitrogen and oxygen atoms in total. The summed E-state index contributed by atoms with van der Waals surface area (Å²) in [6.07, 6.45) is 5.12. The van der Waals surface area contributed by atoms with Gasteiger partial charge in [0, 0.05) is 25.8 Å². The van der Waals surface area contributed by atoms with Crippen LogP contribution in [0, 0.1) is 0 Å². The first-order valence-electron chi connectivity index (χ1n) is 6.17. The lowest BCUT2D eigenvalue weighted by Crippen LogP contribution is -2.42. The standard InChI is InChI=1S/C13H19N3O/c1-10-6-3-4-9-16(10)13(17)11-7-5-8-15-12(11)14-2/h5,7-8,10H,3-4,6,9H2,1-2H3,(H,14,15). The van der Waals surface area contributed by atoms with E-state index in [9.17, 15) is 4.79 Å². The summed E-state index contributed by atoms with van der Waals surface area (Å²) < 4.78 is 0. The highest BCUT2D eigenvalue weighted by molar-refractivity contribution is 5.98. The van der Waals surface area contributed by atoms with Gasteiger partial charge in [-0.2, -0.15) is 0 Å². The van der Waals surface area contributed by atoms with Crippen molar-refractivity contribution in [1.29, 1.82) is 0 Å². The fraction of sp³-hybridized carbons (Fsp3) is 0.538. The summed E-state index contributed by atoms with van der Waals surface area (Å²) in [6.45, 7) is 2.98. The van der Waals surface area contributed by atoms with Gasteiger partial charge in [0.25, 0.3) is 5.91 Å². The van der Waals surface area contributed by atoms with Crippen molar-refractivity contribution in [3.8, 4) is 0 Å². The van der Waals surface area contributed by atoms with Crippen LogP contribution in [-0.4, -0.2) is 35.4 Å². The maximum atomic E-state index is 12.4. The monoisotopic (exact) mass is 233 g/mol. The molecule has 1 fully saturated rings. The maximum absolute atomic E-state index is 12.4.